The normalized spacial score (nSPS) is 16.2. The summed E-state index contributed by atoms with van der Waals surface area (Å²) in [7, 11) is 1.70. The minimum Gasteiger partial charge on any atom is -0.497 e. The van der Waals surface area contributed by atoms with Crippen LogP contribution in [0.1, 0.15) is 51.5 Å². The van der Waals surface area contributed by atoms with Gasteiger partial charge in [0.25, 0.3) is 0 Å². The predicted molar refractivity (Wildman–Crippen MR) is 87.0 cm³/mol. The van der Waals surface area contributed by atoms with Crippen LogP contribution in [0.2, 0.25) is 0 Å². The van der Waals surface area contributed by atoms with Gasteiger partial charge in [-0.3, -0.25) is 0 Å². The van der Waals surface area contributed by atoms with Crippen molar-refractivity contribution in [1.29, 1.82) is 0 Å². The molecule has 1 fully saturated rings. The topological polar surface area (TPSA) is 30.5 Å². The van der Waals surface area contributed by atoms with Gasteiger partial charge in [0.15, 0.2) is 0 Å². The smallest absolute Gasteiger partial charge is 0.127 e. The molecule has 118 valence electrons. The van der Waals surface area contributed by atoms with Crippen LogP contribution in [-0.2, 0) is 6.54 Å². The number of nitrogens with one attached hydrogen (secondary N) is 1. The monoisotopic (exact) mass is 291 g/mol. The van der Waals surface area contributed by atoms with E-state index in [0.717, 1.165) is 24.6 Å². The molecule has 0 atom stereocenters. The van der Waals surface area contributed by atoms with E-state index in [1.807, 2.05) is 12.1 Å². The molecule has 1 aromatic carbocycles. The van der Waals surface area contributed by atoms with Crippen LogP contribution < -0.4 is 14.8 Å². The fourth-order valence-electron chi connectivity index (χ4n) is 2.78. The molecule has 1 aromatic rings. The average molecular weight is 291 g/mol. The van der Waals surface area contributed by atoms with E-state index in [1.54, 1.807) is 7.11 Å². The molecule has 1 aliphatic carbocycles. The Morgan fingerprint density at radius 1 is 1.19 bits per heavy atom. The van der Waals surface area contributed by atoms with E-state index in [2.05, 4.69) is 25.2 Å². The van der Waals surface area contributed by atoms with Crippen molar-refractivity contribution in [1.82, 2.24) is 5.32 Å². The lowest BCUT2D eigenvalue weighted by Crippen LogP contribution is -2.22. The Bertz CT molecular complexity index is 425. The summed E-state index contributed by atoms with van der Waals surface area (Å²) in [6.07, 6.45) is 6.65. The van der Waals surface area contributed by atoms with Crippen LogP contribution in [0.5, 0.6) is 11.5 Å². The summed E-state index contributed by atoms with van der Waals surface area (Å²) in [4.78, 5) is 0. The number of hydrogen-bond donors (Lipinski definition) is 1. The maximum atomic E-state index is 6.27. The first-order valence-corrected chi connectivity index (χ1v) is 8.23. The maximum absolute atomic E-state index is 6.27. The third-order valence-corrected chi connectivity index (χ3v) is 3.99. The molecule has 0 aromatic heterocycles. The molecule has 3 heteroatoms. The zero-order valence-corrected chi connectivity index (χ0v) is 13.7. The first-order chi connectivity index (χ1) is 10.2. The van der Waals surface area contributed by atoms with Gasteiger partial charge in [0.05, 0.1) is 13.2 Å². The molecule has 3 nitrogen and oxygen atoms in total. The zero-order chi connectivity index (χ0) is 15.1. The van der Waals surface area contributed by atoms with Gasteiger partial charge in [-0.25, -0.2) is 0 Å². The molecule has 1 N–H and O–H groups in total. The number of ether oxygens (including phenoxy) is 2. The minimum absolute atomic E-state index is 0.370. The molecule has 0 saturated heterocycles. The van der Waals surface area contributed by atoms with E-state index in [9.17, 15) is 0 Å². The summed E-state index contributed by atoms with van der Waals surface area (Å²) in [5, 5.41) is 3.50. The first-order valence-electron chi connectivity index (χ1n) is 8.23. The second-order valence-electron chi connectivity index (χ2n) is 6.38. The number of methoxy groups -OCH3 is 1. The van der Waals surface area contributed by atoms with Crippen LogP contribution >= 0.6 is 0 Å². The highest BCUT2D eigenvalue weighted by Gasteiger charge is 2.17. The van der Waals surface area contributed by atoms with Crippen LogP contribution in [0.4, 0.5) is 0 Å². The van der Waals surface area contributed by atoms with Crippen molar-refractivity contribution in [3.63, 3.8) is 0 Å². The second kappa shape index (κ2) is 8.28. The molecule has 0 heterocycles. The average Bonchev–Trinajstić information content (AvgIpc) is 2.49. The number of hydrogen-bond acceptors (Lipinski definition) is 3. The molecular weight excluding hydrogens is 262 g/mol. The zero-order valence-electron chi connectivity index (χ0n) is 13.7. The molecule has 0 amide bonds. The van der Waals surface area contributed by atoms with Gasteiger partial charge in [0, 0.05) is 18.2 Å². The Labute approximate surface area is 129 Å². The molecule has 0 bridgehead atoms. The predicted octanol–water partition coefficient (Wildman–Crippen LogP) is 4.15. The standard InChI is InChI=1S/C18H29NO2/c1-14(2)12-19-13-15-9-10-17(20-3)11-18(15)21-16-7-5-4-6-8-16/h9-11,14,16,19H,4-8,12-13H2,1-3H3. The summed E-state index contributed by atoms with van der Waals surface area (Å²) in [6.45, 7) is 6.32. The van der Waals surface area contributed by atoms with Gasteiger partial charge in [0.1, 0.15) is 11.5 Å². The lowest BCUT2D eigenvalue weighted by atomic mass is 9.97. The third kappa shape index (κ3) is 5.24. The summed E-state index contributed by atoms with van der Waals surface area (Å²) in [5.74, 6) is 2.51. The van der Waals surface area contributed by atoms with Crippen molar-refractivity contribution in [2.24, 2.45) is 5.92 Å². The van der Waals surface area contributed by atoms with Crippen molar-refractivity contribution in [3.8, 4) is 11.5 Å². The van der Waals surface area contributed by atoms with E-state index in [-0.39, 0.29) is 0 Å². The fourth-order valence-corrected chi connectivity index (χ4v) is 2.78. The third-order valence-electron chi connectivity index (χ3n) is 3.99. The van der Waals surface area contributed by atoms with Gasteiger partial charge >= 0.3 is 0 Å². The highest BCUT2D eigenvalue weighted by molar-refractivity contribution is 5.41. The van der Waals surface area contributed by atoms with Crippen LogP contribution in [0.25, 0.3) is 0 Å². The van der Waals surface area contributed by atoms with Crippen molar-refractivity contribution >= 4 is 0 Å². The van der Waals surface area contributed by atoms with Crippen LogP contribution in [-0.4, -0.2) is 19.8 Å². The van der Waals surface area contributed by atoms with Crippen molar-refractivity contribution < 1.29 is 9.47 Å². The highest BCUT2D eigenvalue weighted by Crippen LogP contribution is 2.29. The van der Waals surface area contributed by atoms with Gasteiger partial charge in [0.2, 0.25) is 0 Å². The molecule has 0 spiro atoms. The largest absolute Gasteiger partial charge is 0.497 e. The molecule has 2 rings (SSSR count). The van der Waals surface area contributed by atoms with Crippen molar-refractivity contribution in [2.45, 2.75) is 58.6 Å². The molecule has 0 unspecified atom stereocenters. The lowest BCUT2D eigenvalue weighted by molar-refractivity contribution is 0.153. The Kier molecular flexibility index (Phi) is 6.37. The molecule has 1 aliphatic rings. The quantitative estimate of drug-likeness (QED) is 0.818. The summed E-state index contributed by atoms with van der Waals surface area (Å²) >= 11 is 0. The first kappa shape index (κ1) is 16.2. The summed E-state index contributed by atoms with van der Waals surface area (Å²) < 4.78 is 11.6. The van der Waals surface area contributed by atoms with Crippen LogP contribution in [0.3, 0.4) is 0 Å². The number of rotatable bonds is 7. The van der Waals surface area contributed by atoms with E-state index >= 15 is 0 Å². The molecule has 1 saturated carbocycles. The van der Waals surface area contributed by atoms with Gasteiger partial charge in [-0.2, -0.15) is 0 Å². The van der Waals surface area contributed by atoms with E-state index in [0.29, 0.717) is 12.0 Å². The van der Waals surface area contributed by atoms with E-state index < -0.39 is 0 Å². The second-order valence-corrected chi connectivity index (χ2v) is 6.38. The SMILES string of the molecule is COc1ccc(CNCC(C)C)c(OC2CCCCC2)c1. The van der Waals surface area contributed by atoms with Gasteiger partial charge in [-0.1, -0.05) is 26.3 Å². The summed E-state index contributed by atoms with van der Waals surface area (Å²) in [5.41, 5.74) is 1.22. The Morgan fingerprint density at radius 2 is 1.95 bits per heavy atom. The highest BCUT2D eigenvalue weighted by atomic mass is 16.5. The van der Waals surface area contributed by atoms with Gasteiger partial charge in [-0.05, 0) is 44.2 Å². The Balaban J connectivity index is 2.03. The lowest BCUT2D eigenvalue weighted by Gasteiger charge is -2.24. The molecule has 21 heavy (non-hydrogen) atoms. The van der Waals surface area contributed by atoms with E-state index in [1.165, 1.54) is 37.7 Å². The van der Waals surface area contributed by atoms with Crippen LogP contribution in [0.15, 0.2) is 18.2 Å². The fraction of sp³-hybridized carbons (Fsp3) is 0.667. The van der Waals surface area contributed by atoms with Crippen molar-refractivity contribution in [3.05, 3.63) is 23.8 Å². The molecular formula is C18H29NO2. The Morgan fingerprint density at radius 3 is 2.62 bits per heavy atom. The van der Waals surface area contributed by atoms with Crippen LogP contribution in [0, 0.1) is 5.92 Å². The van der Waals surface area contributed by atoms with Gasteiger partial charge in [-0.15, -0.1) is 0 Å². The molecule has 0 radical (unpaired) electrons. The van der Waals surface area contributed by atoms with E-state index in [4.69, 9.17) is 9.47 Å². The Hall–Kier alpha value is -1.22. The minimum atomic E-state index is 0.370. The number of benzene rings is 1. The maximum Gasteiger partial charge on any atom is 0.127 e. The van der Waals surface area contributed by atoms with Gasteiger partial charge < -0.3 is 14.8 Å². The summed E-state index contributed by atoms with van der Waals surface area (Å²) in [6, 6.07) is 6.16. The molecule has 0 aliphatic heterocycles. The van der Waals surface area contributed by atoms with Crippen molar-refractivity contribution in [2.75, 3.05) is 13.7 Å².